The summed E-state index contributed by atoms with van der Waals surface area (Å²) in [6.45, 7) is 4.73. The van der Waals surface area contributed by atoms with Crippen molar-refractivity contribution in [2.24, 2.45) is 0 Å². The van der Waals surface area contributed by atoms with Gasteiger partial charge in [-0.1, -0.05) is 0 Å². The van der Waals surface area contributed by atoms with Gasteiger partial charge >= 0.3 is 0 Å². The number of rotatable bonds is 5. The molecule has 0 amide bonds. The lowest BCUT2D eigenvalue weighted by Crippen LogP contribution is -2.11. The number of H-pyrrole nitrogens is 1. The number of aromatic nitrogens is 3. The molecule has 0 spiro atoms. The molecule has 0 aliphatic heterocycles. The normalized spacial score (nSPS) is 12.2. The molecule has 6 heteroatoms. The largest absolute Gasteiger partial charge is 0.497 e. The zero-order valence-corrected chi connectivity index (χ0v) is 12.0. The highest BCUT2D eigenvalue weighted by atomic mass is 32.1. The lowest BCUT2D eigenvalue weighted by atomic mass is 10.3. The van der Waals surface area contributed by atoms with E-state index in [-0.39, 0.29) is 6.10 Å². The van der Waals surface area contributed by atoms with E-state index in [1.165, 1.54) is 0 Å². The van der Waals surface area contributed by atoms with E-state index in [1.807, 2.05) is 42.7 Å². The highest BCUT2D eigenvalue weighted by Gasteiger charge is 2.14. The summed E-state index contributed by atoms with van der Waals surface area (Å²) in [6, 6.07) is 7.46. The lowest BCUT2D eigenvalue weighted by Gasteiger charge is -2.14. The van der Waals surface area contributed by atoms with Crippen molar-refractivity contribution in [1.29, 1.82) is 0 Å². The zero-order valence-electron chi connectivity index (χ0n) is 11.2. The van der Waals surface area contributed by atoms with Crippen LogP contribution in [-0.2, 0) is 6.54 Å². The highest BCUT2D eigenvalue weighted by molar-refractivity contribution is 7.71. The second-order valence-electron chi connectivity index (χ2n) is 4.07. The van der Waals surface area contributed by atoms with E-state index in [1.54, 1.807) is 7.11 Å². The predicted octanol–water partition coefficient (Wildman–Crippen LogP) is 3.11. The first-order chi connectivity index (χ1) is 9.15. The van der Waals surface area contributed by atoms with Crippen LogP contribution in [0.5, 0.6) is 11.5 Å². The quantitative estimate of drug-likeness (QED) is 0.854. The van der Waals surface area contributed by atoms with E-state index in [0.717, 1.165) is 23.9 Å². The molecule has 1 aromatic carbocycles. The van der Waals surface area contributed by atoms with Crippen LogP contribution in [0.15, 0.2) is 24.3 Å². The van der Waals surface area contributed by atoms with E-state index >= 15 is 0 Å². The van der Waals surface area contributed by atoms with Crippen LogP contribution in [0.1, 0.15) is 25.8 Å². The molecule has 2 aromatic rings. The Morgan fingerprint density at radius 1 is 1.32 bits per heavy atom. The van der Waals surface area contributed by atoms with Crippen LogP contribution in [0.3, 0.4) is 0 Å². The maximum absolute atomic E-state index is 5.85. The number of benzene rings is 1. The number of aromatic amines is 1. The standard InChI is InChI=1S/C13H17N3O2S/c1-4-16-12(14-15-13(16)19)9(2)18-11-7-5-10(17-3)6-8-11/h5-9H,4H2,1-3H3,(H,15,19). The molecule has 1 aromatic heterocycles. The summed E-state index contributed by atoms with van der Waals surface area (Å²) in [5.41, 5.74) is 0. The van der Waals surface area contributed by atoms with Gasteiger partial charge in [0.05, 0.1) is 7.11 Å². The summed E-state index contributed by atoms with van der Waals surface area (Å²) in [6.07, 6.45) is -0.179. The van der Waals surface area contributed by atoms with Crippen molar-refractivity contribution in [3.63, 3.8) is 0 Å². The second kappa shape index (κ2) is 5.88. The van der Waals surface area contributed by atoms with Crippen molar-refractivity contribution in [1.82, 2.24) is 14.8 Å². The van der Waals surface area contributed by atoms with Crippen molar-refractivity contribution in [2.45, 2.75) is 26.5 Å². The Morgan fingerprint density at radius 2 is 1.95 bits per heavy atom. The number of nitrogens with zero attached hydrogens (tertiary/aromatic N) is 2. The Labute approximate surface area is 117 Å². The molecule has 0 aliphatic carbocycles. The minimum atomic E-state index is -0.179. The van der Waals surface area contributed by atoms with Gasteiger partial charge in [0.25, 0.3) is 0 Å². The SMILES string of the molecule is CCn1c(C(C)Oc2ccc(OC)cc2)n[nH]c1=S. The van der Waals surface area contributed by atoms with Crippen LogP contribution in [0.2, 0.25) is 0 Å². The predicted molar refractivity (Wildman–Crippen MR) is 75.1 cm³/mol. The summed E-state index contributed by atoms with van der Waals surface area (Å²) >= 11 is 5.16. The summed E-state index contributed by atoms with van der Waals surface area (Å²) in [7, 11) is 1.64. The molecule has 0 bridgehead atoms. The molecular weight excluding hydrogens is 262 g/mol. The maximum atomic E-state index is 5.85. The van der Waals surface area contributed by atoms with Crippen LogP contribution < -0.4 is 9.47 Å². The third-order valence-corrected chi connectivity index (χ3v) is 3.15. The van der Waals surface area contributed by atoms with Crippen LogP contribution in [0.25, 0.3) is 0 Å². The molecule has 5 nitrogen and oxygen atoms in total. The molecule has 1 atom stereocenters. The fourth-order valence-corrected chi connectivity index (χ4v) is 2.13. The van der Waals surface area contributed by atoms with Gasteiger partial charge in [0.1, 0.15) is 11.5 Å². The summed E-state index contributed by atoms with van der Waals surface area (Å²) in [4.78, 5) is 0. The van der Waals surface area contributed by atoms with Gasteiger partial charge in [0.2, 0.25) is 0 Å². The van der Waals surface area contributed by atoms with Crippen molar-refractivity contribution < 1.29 is 9.47 Å². The average Bonchev–Trinajstić information content (AvgIpc) is 2.80. The number of methoxy groups -OCH3 is 1. The van der Waals surface area contributed by atoms with Gasteiger partial charge < -0.3 is 14.0 Å². The molecule has 1 heterocycles. The molecule has 0 saturated carbocycles. The molecule has 2 rings (SSSR count). The molecule has 0 saturated heterocycles. The Hall–Kier alpha value is -1.82. The molecule has 19 heavy (non-hydrogen) atoms. The van der Waals surface area contributed by atoms with E-state index in [4.69, 9.17) is 21.7 Å². The van der Waals surface area contributed by atoms with Crippen LogP contribution in [-0.4, -0.2) is 21.9 Å². The Balaban J connectivity index is 2.15. The fraction of sp³-hybridized carbons (Fsp3) is 0.385. The van der Waals surface area contributed by atoms with Gasteiger partial charge in [-0.15, -0.1) is 0 Å². The van der Waals surface area contributed by atoms with Gasteiger partial charge in [-0.05, 0) is 50.3 Å². The van der Waals surface area contributed by atoms with Gasteiger partial charge in [0, 0.05) is 6.54 Å². The van der Waals surface area contributed by atoms with E-state index in [2.05, 4.69) is 10.2 Å². The third-order valence-electron chi connectivity index (χ3n) is 2.84. The number of ether oxygens (including phenoxy) is 2. The smallest absolute Gasteiger partial charge is 0.195 e. The summed E-state index contributed by atoms with van der Waals surface area (Å²) in [5, 5.41) is 7.00. The van der Waals surface area contributed by atoms with Crippen molar-refractivity contribution in [3.05, 3.63) is 34.9 Å². The van der Waals surface area contributed by atoms with Gasteiger partial charge in [-0.3, -0.25) is 5.10 Å². The van der Waals surface area contributed by atoms with E-state index in [0.29, 0.717) is 4.77 Å². The first-order valence-corrected chi connectivity index (χ1v) is 6.52. The Morgan fingerprint density at radius 3 is 2.53 bits per heavy atom. The Bertz CT molecular complexity index is 589. The van der Waals surface area contributed by atoms with Gasteiger partial charge in [0.15, 0.2) is 16.7 Å². The summed E-state index contributed by atoms with van der Waals surface area (Å²) in [5.74, 6) is 2.37. The molecule has 1 unspecified atom stereocenters. The summed E-state index contributed by atoms with van der Waals surface area (Å²) < 4.78 is 13.5. The monoisotopic (exact) mass is 279 g/mol. The minimum absolute atomic E-state index is 0.179. The van der Waals surface area contributed by atoms with Crippen molar-refractivity contribution in [2.75, 3.05) is 7.11 Å². The van der Waals surface area contributed by atoms with Crippen molar-refractivity contribution >= 4 is 12.2 Å². The number of hydrogen-bond acceptors (Lipinski definition) is 4. The molecule has 1 N–H and O–H groups in total. The van der Waals surface area contributed by atoms with Crippen LogP contribution in [0, 0.1) is 4.77 Å². The van der Waals surface area contributed by atoms with Gasteiger partial charge in [-0.25, -0.2) is 0 Å². The molecule has 0 fully saturated rings. The van der Waals surface area contributed by atoms with E-state index in [9.17, 15) is 0 Å². The molecule has 0 radical (unpaired) electrons. The second-order valence-corrected chi connectivity index (χ2v) is 4.45. The number of nitrogens with one attached hydrogen (secondary N) is 1. The first-order valence-electron chi connectivity index (χ1n) is 6.11. The fourth-order valence-electron chi connectivity index (χ4n) is 1.86. The van der Waals surface area contributed by atoms with Crippen LogP contribution in [0.4, 0.5) is 0 Å². The first kappa shape index (κ1) is 13.6. The third kappa shape index (κ3) is 2.96. The number of hydrogen-bond donors (Lipinski definition) is 1. The highest BCUT2D eigenvalue weighted by Crippen LogP contribution is 2.23. The molecular formula is C13H17N3O2S. The maximum Gasteiger partial charge on any atom is 0.195 e. The van der Waals surface area contributed by atoms with Crippen molar-refractivity contribution in [3.8, 4) is 11.5 Å². The average molecular weight is 279 g/mol. The lowest BCUT2D eigenvalue weighted by molar-refractivity contribution is 0.210. The molecule has 0 aliphatic rings. The van der Waals surface area contributed by atoms with Gasteiger partial charge in [-0.2, -0.15) is 5.10 Å². The van der Waals surface area contributed by atoms with E-state index < -0.39 is 0 Å². The minimum Gasteiger partial charge on any atom is -0.497 e. The van der Waals surface area contributed by atoms with Crippen LogP contribution >= 0.6 is 12.2 Å². The molecule has 102 valence electrons. The topological polar surface area (TPSA) is 52.1 Å². The Kier molecular flexibility index (Phi) is 4.21. The zero-order chi connectivity index (χ0) is 13.8.